The Morgan fingerprint density at radius 3 is 2.79 bits per heavy atom. The van der Waals surface area contributed by atoms with Gasteiger partial charge in [-0.1, -0.05) is 29.3 Å². The van der Waals surface area contributed by atoms with Crippen molar-refractivity contribution in [3.63, 3.8) is 0 Å². The van der Waals surface area contributed by atoms with Crippen LogP contribution in [0.25, 0.3) is 0 Å². The highest BCUT2D eigenvalue weighted by atomic mass is 35.5. The Hall–Kier alpha value is -0.650. The standard InChI is InChI=1S/C13H14Cl2N2OS/c14-11-2-1-10(5-12(11)15)13(3-4-18)16-6-9-7-17-19-8-9/h1-2,5,7-8,13,16,18H,3-4,6H2. The molecule has 0 aliphatic heterocycles. The Bertz CT molecular complexity index is 519. The summed E-state index contributed by atoms with van der Waals surface area (Å²) in [6.45, 7) is 0.821. The van der Waals surface area contributed by atoms with E-state index in [2.05, 4.69) is 9.69 Å². The highest BCUT2D eigenvalue weighted by Gasteiger charge is 2.12. The van der Waals surface area contributed by atoms with Crippen molar-refractivity contribution in [3.05, 3.63) is 50.9 Å². The smallest absolute Gasteiger partial charge is 0.0595 e. The molecule has 0 spiro atoms. The number of nitrogens with zero attached hydrogens (tertiary/aromatic N) is 1. The molecule has 1 atom stereocenters. The molecule has 0 fully saturated rings. The van der Waals surface area contributed by atoms with Gasteiger partial charge in [-0.25, -0.2) is 4.37 Å². The highest BCUT2D eigenvalue weighted by molar-refractivity contribution is 7.03. The van der Waals surface area contributed by atoms with Gasteiger partial charge < -0.3 is 10.4 Å². The molecule has 0 bridgehead atoms. The molecule has 0 amide bonds. The summed E-state index contributed by atoms with van der Waals surface area (Å²) in [6, 6.07) is 5.58. The van der Waals surface area contributed by atoms with Crippen LogP contribution in [-0.2, 0) is 6.54 Å². The Kier molecular flexibility index (Phi) is 5.60. The first-order chi connectivity index (χ1) is 9.20. The molecule has 2 aromatic rings. The molecule has 1 aromatic heterocycles. The van der Waals surface area contributed by atoms with E-state index in [0.29, 0.717) is 23.0 Å². The van der Waals surface area contributed by atoms with E-state index in [-0.39, 0.29) is 12.6 Å². The van der Waals surface area contributed by atoms with Gasteiger partial charge in [-0.05, 0) is 41.2 Å². The van der Waals surface area contributed by atoms with Crippen LogP contribution in [0.15, 0.2) is 29.8 Å². The van der Waals surface area contributed by atoms with E-state index in [1.807, 2.05) is 23.7 Å². The number of aliphatic hydroxyl groups is 1. The monoisotopic (exact) mass is 316 g/mol. The largest absolute Gasteiger partial charge is 0.396 e. The van der Waals surface area contributed by atoms with Gasteiger partial charge in [0.05, 0.1) is 10.0 Å². The third kappa shape index (κ3) is 4.16. The van der Waals surface area contributed by atoms with E-state index < -0.39 is 0 Å². The predicted molar refractivity (Wildman–Crippen MR) is 79.9 cm³/mol. The van der Waals surface area contributed by atoms with E-state index in [1.54, 1.807) is 6.07 Å². The van der Waals surface area contributed by atoms with Gasteiger partial charge in [-0.3, -0.25) is 0 Å². The van der Waals surface area contributed by atoms with Crippen molar-refractivity contribution in [1.29, 1.82) is 0 Å². The van der Waals surface area contributed by atoms with Crippen molar-refractivity contribution in [2.45, 2.75) is 19.0 Å². The zero-order valence-corrected chi connectivity index (χ0v) is 12.5. The second-order valence-corrected chi connectivity index (χ2v) is 5.62. The van der Waals surface area contributed by atoms with Crippen LogP contribution in [0.3, 0.4) is 0 Å². The zero-order chi connectivity index (χ0) is 13.7. The molecule has 0 aliphatic carbocycles. The van der Waals surface area contributed by atoms with Crippen LogP contribution in [0.1, 0.15) is 23.6 Å². The fourth-order valence-electron chi connectivity index (χ4n) is 1.80. The second-order valence-electron chi connectivity index (χ2n) is 4.15. The average Bonchev–Trinajstić information content (AvgIpc) is 2.91. The maximum Gasteiger partial charge on any atom is 0.0595 e. The van der Waals surface area contributed by atoms with E-state index >= 15 is 0 Å². The maximum atomic E-state index is 9.17. The summed E-state index contributed by atoms with van der Waals surface area (Å²) < 4.78 is 4.06. The highest BCUT2D eigenvalue weighted by Crippen LogP contribution is 2.27. The van der Waals surface area contributed by atoms with Crippen LogP contribution in [0.5, 0.6) is 0 Å². The molecule has 19 heavy (non-hydrogen) atoms. The van der Waals surface area contributed by atoms with Gasteiger partial charge in [0.2, 0.25) is 0 Å². The van der Waals surface area contributed by atoms with Crippen LogP contribution >= 0.6 is 34.7 Å². The molecule has 1 heterocycles. The van der Waals surface area contributed by atoms with Crippen molar-refractivity contribution in [3.8, 4) is 0 Å². The molecule has 3 nitrogen and oxygen atoms in total. The summed E-state index contributed by atoms with van der Waals surface area (Å²) in [5.74, 6) is 0. The Morgan fingerprint density at radius 1 is 1.32 bits per heavy atom. The lowest BCUT2D eigenvalue weighted by Crippen LogP contribution is -2.21. The number of aliphatic hydroxyl groups excluding tert-OH is 1. The molecule has 2 rings (SSSR count). The average molecular weight is 317 g/mol. The summed E-state index contributed by atoms with van der Waals surface area (Å²) in [5.41, 5.74) is 2.15. The molecular weight excluding hydrogens is 303 g/mol. The van der Waals surface area contributed by atoms with Crippen LogP contribution in [-0.4, -0.2) is 16.1 Å². The first-order valence-electron chi connectivity index (χ1n) is 5.88. The molecule has 0 aliphatic rings. The minimum atomic E-state index is 0.0414. The first kappa shape index (κ1) is 14.8. The fraction of sp³-hybridized carbons (Fsp3) is 0.308. The molecule has 0 radical (unpaired) electrons. The van der Waals surface area contributed by atoms with Gasteiger partial charge in [0, 0.05) is 30.8 Å². The zero-order valence-electron chi connectivity index (χ0n) is 10.1. The summed E-state index contributed by atoms with van der Waals surface area (Å²) in [6.07, 6.45) is 2.46. The molecule has 102 valence electrons. The van der Waals surface area contributed by atoms with Crippen molar-refractivity contribution in [2.24, 2.45) is 0 Å². The third-order valence-electron chi connectivity index (χ3n) is 2.80. The lowest BCUT2D eigenvalue weighted by atomic mass is 10.0. The summed E-state index contributed by atoms with van der Waals surface area (Å²) >= 11 is 13.4. The molecule has 6 heteroatoms. The van der Waals surface area contributed by atoms with Crippen molar-refractivity contribution >= 4 is 34.7 Å². The van der Waals surface area contributed by atoms with E-state index in [1.165, 1.54) is 11.5 Å². The van der Waals surface area contributed by atoms with Crippen LogP contribution in [0.4, 0.5) is 0 Å². The third-order valence-corrected chi connectivity index (χ3v) is 4.17. The van der Waals surface area contributed by atoms with Crippen LogP contribution in [0.2, 0.25) is 10.0 Å². The van der Waals surface area contributed by atoms with Gasteiger partial charge in [0.1, 0.15) is 0 Å². The first-order valence-corrected chi connectivity index (χ1v) is 7.47. The SMILES string of the molecule is OCCC(NCc1cnsc1)c1ccc(Cl)c(Cl)c1. The minimum absolute atomic E-state index is 0.0414. The van der Waals surface area contributed by atoms with Gasteiger partial charge in [0.15, 0.2) is 0 Å². The Balaban J connectivity index is 2.07. The second kappa shape index (κ2) is 7.22. The maximum absolute atomic E-state index is 9.17. The molecule has 1 aromatic carbocycles. The number of nitrogens with one attached hydrogen (secondary N) is 1. The van der Waals surface area contributed by atoms with Crippen molar-refractivity contribution in [2.75, 3.05) is 6.61 Å². The number of benzene rings is 1. The normalized spacial score (nSPS) is 12.6. The van der Waals surface area contributed by atoms with E-state index in [0.717, 1.165) is 11.1 Å². The number of halogens is 2. The fourth-order valence-corrected chi connectivity index (χ4v) is 2.64. The topological polar surface area (TPSA) is 45.1 Å². The van der Waals surface area contributed by atoms with Crippen LogP contribution < -0.4 is 5.32 Å². The van der Waals surface area contributed by atoms with Gasteiger partial charge in [-0.15, -0.1) is 0 Å². The number of hydrogen-bond donors (Lipinski definition) is 2. The molecule has 0 saturated heterocycles. The Labute approximate surface area is 126 Å². The Morgan fingerprint density at radius 2 is 2.16 bits per heavy atom. The summed E-state index contributed by atoms with van der Waals surface area (Å²) in [7, 11) is 0. The molecular formula is C13H14Cl2N2OS. The molecule has 2 N–H and O–H groups in total. The lowest BCUT2D eigenvalue weighted by Gasteiger charge is -2.18. The quantitative estimate of drug-likeness (QED) is 0.854. The van der Waals surface area contributed by atoms with Gasteiger partial charge in [0.25, 0.3) is 0 Å². The van der Waals surface area contributed by atoms with E-state index in [4.69, 9.17) is 28.3 Å². The number of aromatic nitrogens is 1. The minimum Gasteiger partial charge on any atom is -0.396 e. The number of rotatable bonds is 6. The van der Waals surface area contributed by atoms with E-state index in [9.17, 15) is 0 Å². The lowest BCUT2D eigenvalue weighted by molar-refractivity contribution is 0.265. The van der Waals surface area contributed by atoms with Gasteiger partial charge in [-0.2, -0.15) is 0 Å². The van der Waals surface area contributed by atoms with Gasteiger partial charge >= 0.3 is 0 Å². The molecule has 0 saturated carbocycles. The summed E-state index contributed by atoms with van der Waals surface area (Å²) in [5, 5.41) is 15.6. The summed E-state index contributed by atoms with van der Waals surface area (Å²) in [4.78, 5) is 0. The van der Waals surface area contributed by atoms with Crippen molar-refractivity contribution in [1.82, 2.24) is 9.69 Å². The van der Waals surface area contributed by atoms with Crippen molar-refractivity contribution < 1.29 is 5.11 Å². The molecule has 1 unspecified atom stereocenters. The predicted octanol–water partition coefficient (Wildman–Crippen LogP) is 3.66. The number of hydrogen-bond acceptors (Lipinski definition) is 4. The van der Waals surface area contributed by atoms with Crippen LogP contribution in [0, 0.1) is 0 Å².